The lowest BCUT2D eigenvalue weighted by Gasteiger charge is -2.03. The summed E-state index contributed by atoms with van der Waals surface area (Å²) in [6.45, 7) is 0. The Labute approximate surface area is 103 Å². The molecule has 3 aromatic rings. The summed E-state index contributed by atoms with van der Waals surface area (Å²) in [6.07, 6.45) is 0. The summed E-state index contributed by atoms with van der Waals surface area (Å²) in [6, 6.07) is 14.1. The molecular formula is C13H10ClN3. The lowest BCUT2D eigenvalue weighted by atomic mass is 10.0. The Hall–Kier alpha value is -2.00. The van der Waals surface area contributed by atoms with Crippen LogP contribution in [0.3, 0.4) is 0 Å². The van der Waals surface area contributed by atoms with Crippen LogP contribution < -0.4 is 5.73 Å². The molecular weight excluding hydrogens is 234 g/mol. The number of imidazole rings is 1. The van der Waals surface area contributed by atoms with E-state index in [4.69, 9.17) is 17.3 Å². The summed E-state index contributed by atoms with van der Waals surface area (Å²) < 4.78 is 0. The van der Waals surface area contributed by atoms with Crippen molar-refractivity contribution in [3.8, 4) is 11.3 Å². The molecule has 0 unspecified atom stereocenters. The van der Waals surface area contributed by atoms with E-state index in [1.807, 2.05) is 30.3 Å². The van der Waals surface area contributed by atoms with E-state index in [1.54, 1.807) is 0 Å². The van der Waals surface area contributed by atoms with Crippen LogP contribution in [0.2, 0.25) is 5.15 Å². The van der Waals surface area contributed by atoms with Gasteiger partial charge in [-0.25, -0.2) is 4.98 Å². The third kappa shape index (κ3) is 1.65. The van der Waals surface area contributed by atoms with E-state index in [9.17, 15) is 0 Å². The molecule has 3 N–H and O–H groups in total. The molecule has 84 valence electrons. The van der Waals surface area contributed by atoms with Crippen molar-refractivity contribution < 1.29 is 0 Å². The average molecular weight is 244 g/mol. The second-order valence-electron chi connectivity index (χ2n) is 3.81. The molecule has 0 saturated heterocycles. The highest BCUT2D eigenvalue weighted by Crippen LogP contribution is 2.32. The number of nitrogens with two attached hydrogens (primary N) is 1. The zero-order valence-electron chi connectivity index (χ0n) is 8.94. The second-order valence-corrected chi connectivity index (χ2v) is 4.19. The zero-order valence-corrected chi connectivity index (χ0v) is 9.70. The highest BCUT2D eigenvalue weighted by molar-refractivity contribution is 6.32. The standard InChI is InChI=1S/C13H10ClN3/c14-12-11(16-13(15)17-12)10-7-3-5-8-4-1-2-6-9(8)10/h1-7H,(H3,15,16,17). The number of aromatic nitrogens is 2. The van der Waals surface area contributed by atoms with Crippen LogP contribution in [0.4, 0.5) is 5.95 Å². The smallest absolute Gasteiger partial charge is 0.199 e. The number of rotatable bonds is 1. The second kappa shape index (κ2) is 3.79. The average Bonchev–Trinajstić information content (AvgIpc) is 2.68. The van der Waals surface area contributed by atoms with Crippen LogP contribution in [0.15, 0.2) is 42.5 Å². The van der Waals surface area contributed by atoms with Crippen molar-refractivity contribution in [2.45, 2.75) is 0 Å². The van der Waals surface area contributed by atoms with E-state index in [1.165, 1.54) is 0 Å². The van der Waals surface area contributed by atoms with E-state index < -0.39 is 0 Å². The van der Waals surface area contributed by atoms with Crippen LogP contribution in [0.5, 0.6) is 0 Å². The minimum atomic E-state index is 0.331. The summed E-state index contributed by atoms with van der Waals surface area (Å²) >= 11 is 6.08. The number of nitrogen functional groups attached to an aromatic ring is 1. The lowest BCUT2D eigenvalue weighted by Crippen LogP contribution is -1.86. The maximum atomic E-state index is 6.08. The van der Waals surface area contributed by atoms with Crippen molar-refractivity contribution in [2.75, 3.05) is 5.73 Å². The maximum absolute atomic E-state index is 6.08. The van der Waals surface area contributed by atoms with Gasteiger partial charge in [-0.05, 0) is 10.8 Å². The molecule has 0 radical (unpaired) electrons. The number of fused-ring (bicyclic) bond motifs is 1. The summed E-state index contributed by atoms with van der Waals surface area (Å²) in [5.74, 6) is 0.331. The van der Waals surface area contributed by atoms with E-state index >= 15 is 0 Å². The number of H-pyrrole nitrogens is 1. The first-order chi connectivity index (χ1) is 8.25. The van der Waals surface area contributed by atoms with Crippen LogP contribution in [0.25, 0.3) is 22.0 Å². The fraction of sp³-hybridized carbons (Fsp3) is 0. The van der Waals surface area contributed by atoms with Gasteiger partial charge in [-0.3, -0.25) is 0 Å². The van der Waals surface area contributed by atoms with Gasteiger partial charge in [0, 0.05) is 5.56 Å². The molecule has 2 aromatic carbocycles. The van der Waals surface area contributed by atoms with Crippen molar-refractivity contribution in [2.24, 2.45) is 0 Å². The first-order valence-corrected chi connectivity index (χ1v) is 5.62. The Kier molecular flexibility index (Phi) is 2.27. The fourth-order valence-electron chi connectivity index (χ4n) is 1.98. The van der Waals surface area contributed by atoms with Crippen molar-refractivity contribution in [3.63, 3.8) is 0 Å². The van der Waals surface area contributed by atoms with Crippen LogP contribution in [0.1, 0.15) is 0 Å². The molecule has 0 atom stereocenters. The van der Waals surface area contributed by atoms with Gasteiger partial charge in [-0.1, -0.05) is 54.1 Å². The highest BCUT2D eigenvalue weighted by atomic mass is 35.5. The monoisotopic (exact) mass is 243 g/mol. The summed E-state index contributed by atoms with van der Waals surface area (Å²) in [5.41, 5.74) is 7.29. The minimum Gasteiger partial charge on any atom is -0.369 e. The van der Waals surface area contributed by atoms with Gasteiger partial charge in [-0.2, -0.15) is 0 Å². The number of halogens is 1. The first-order valence-electron chi connectivity index (χ1n) is 5.25. The Balaban J connectivity index is 2.34. The molecule has 3 rings (SSSR count). The largest absolute Gasteiger partial charge is 0.369 e. The highest BCUT2D eigenvalue weighted by Gasteiger charge is 2.11. The third-order valence-corrected chi connectivity index (χ3v) is 3.00. The molecule has 0 bridgehead atoms. The molecule has 4 heteroatoms. The summed E-state index contributed by atoms with van der Waals surface area (Å²) in [7, 11) is 0. The molecule has 0 amide bonds. The van der Waals surface area contributed by atoms with Gasteiger partial charge >= 0.3 is 0 Å². The topological polar surface area (TPSA) is 54.7 Å². The number of hydrogen-bond acceptors (Lipinski definition) is 2. The van der Waals surface area contributed by atoms with Gasteiger partial charge in [0.15, 0.2) is 5.95 Å². The number of benzene rings is 2. The maximum Gasteiger partial charge on any atom is 0.199 e. The Morgan fingerprint density at radius 1 is 1.06 bits per heavy atom. The van der Waals surface area contributed by atoms with Gasteiger partial charge in [0.05, 0.1) is 0 Å². The van der Waals surface area contributed by atoms with Gasteiger partial charge in [0.1, 0.15) is 10.8 Å². The number of aromatic amines is 1. The molecule has 3 nitrogen and oxygen atoms in total. The molecule has 0 aliphatic rings. The number of hydrogen-bond donors (Lipinski definition) is 2. The van der Waals surface area contributed by atoms with Crippen molar-refractivity contribution in [3.05, 3.63) is 47.6 Å². The van der Waals surface area contributed by atoms with Crippen LogP contribution >= 0.6 is 11.6 Å². The molecule has 0 saturated carbocycles. The van der Waals surface area contributed by atoms with E-state index in [0.29, 0.717) is 16.8 Å². The fourth-order valence-corrected chi connectivity index (χ4v) is 2.22. The Bertz CT molecular complexity index is 683. The molecule has 17 heavy (non-hydrogen) atoms. The van der Waals surface area contributed by atoms with Crippen molar-refractivity contribution >= 4 is 28.3 Å². The number of nitrogens with zero attached hydrogens (tertiary/aromatic N) is 1. The molecule has 0 spiro atoms. The SMILES string of the molecule is Nc1nc(-c2cccc3ccccc23)c(Cl)[nH]1. The Morgan fingerprint density at radius 2 is 1.82 bits per heavy atom. The van der Waals surface area contributed by atoms with Gasteiger partial charge in [-0.15, -0.1) is 0 Å². The number of anilines is 1. The van der Waals surface area contributed by atoms with Crippen LogP contribution in [-0.2, 0) is 0 Å². The van der Waals surface area contributed by atoms with Gasteiger partial charge in [0.2, 0.25) is 0 Å². The third-order valence-electron chi connectivity index (χ3n) is 2.72. The van der Waals surface area contributed by atoms with Crippen LogP contribution in [0, 0.1) is 0 Å². The predicted molar refractivity (Wildman–Crippen MR) is 71.0 cm³/mol. The van der Waals surface area contributed by atoms with Gasteiger partial charge < -0.3 is 10.7 Å². The van der Waals surface area contributed by atoms with Crippen molar-refractivity contribution in [1.29, 1.82) is 0 Å². The molecule has 1 aromatic heterocycles. The lowest BCUT2D eigenvalue weighted by molar-refractivity contribution is 1.33. The van der Waals surface area contributed by atoms with E-state index in [0.717, 1.165) is 16.3 Å². The quantitative estimate of drug-likeness (QED) is 0.688. The predicted octanol–water partition coefficient (Wildman–Crippen LogP) is 3.47. The van der Waals surface area contributed by atoms with Gasteiger partial charge in [0.25, 0.3) is 0 Å². The first kappa shape index (κ1) is 10.2. The molecule has 0 aliphatic heterocycles. The summed E-state index contributed by atoms with van der Waals surface area (Å²) in [4.78, 5) is 7.02. The number of nitrogens with one attached hydrogen (secondary N) is 1. The van der Waals surface area contributed by atoms with Crippen molar-refractivity contribution in [1.82, 2.24) is 9.97 Å². The molecule has 0 aliphatic carbocycles. The van der Waals surface area contributed by atoms with E-state index in [2.05, 4.69) is 22.1 Å². The Morgan fingerprint density at radius 3 is 2.59 bits per heavy atom. The van der Waals surface area contributed by atoms with Crippen LogP contribution in [-0.4, -0.2) is 9.97 Å². The normalized spacial score (nSPS) is 10.9. The summed E-state index contributed by atoms with van der Waals surface area (Å²) in [5, 5.41) is 2.74. The zero-order chi connectivity index (χ0) is 11.8. The van der Waals surface area contributed by atoms with E-state index in [-0.39, 0.29) is 0 Å². The molecule has 1 heterocycles. The minimum absolute atomic E-state index is 0.331. The molecule has 0 fully saturated rings.